The molecule has 2 aromatic carbocycles. The molecule has 0 saturated carbocycles. The van der Waals surface area contributed by atoms with Crippen molar-refractivity contribution in [1.29, 1.82) is 0 Å². The van der Waals surface area contributed by atoms with Crippen molar-refractivity contribution in [3.8, 4) is 11.5 Å². The van der Waals surface area contributed by atoms with Crippen LogP contribution in [0.3, 0.4) is 0 Å². The number of benzene rings is 2. The summed E-state index contributed by atoms with van der Waals surface area (Å²) in [5.74, 6) is 0.842. The van der Waals surface area contributed by atoms with Gasteiger partial charge in [0.25, 0.3) is 5.91 Å². The van der Waals surface area contributed by atoms with Gasteiger partial charge >= 0.3 is 0 Å². The van der Waals surface area contributed by atoms with Gasteiger partial charge in [0.2, 0.25) is 0 Å². The number of carbonyl (C=O) groups is 1. The first kappa shape index (κ1) is 12.5. The van der Waals surface area contributed by atoms with Crippen LogP contribution in [0, 0.1) is 6.92 Å². The number of aryl methyl sites for hydroxylation is 1. The molecule has 0 saturated heterocycles. The molecule has 2 N–H and O–H groups in total. The summed E-state index contributed by atoms with van der Waals surface area (Å²) in [5.41, 5.74) is 2.21. The van der Waals surface area contributed by atoms with E-state index in [0.29, 0.717) is 17.7 Å². The van der Waals surface area contributed by atoms with Gasteiger partial charge in [0.15, 0.2) is 0 Å². The van der Waals surface area contributed by atoms with Crippen LogP contribution in [0.2, 0.25) is 0 Å². The topological polar surface area (TPSA) is 58.6 Å². The zero-order valence-electron chi connectivity index (χ0n) is 11.1. The number of ether oxygens (including phenoxy) is 1. The van der Waals surface area contributed by atoms with E-state index >= 15 is 0 Å². The fraction of sp³-hybridized carbons (Fsp3) is 0.188. The Morgan fingerprint density at radius 3 is 2.90 bits per heavy atom. The molecule has 0 aliphatic carbocycles. The van der Waals surface area contributed by atoms with Gasteiger partial charge in [-0.2, -0.15) is 0 Å². The third-order valence-corrected chi connectivity index (χ3v) is 3.46. The van der Waals surface area contributed by atoms with Crippen molar-refractivity contribution in [3.05, 3.63) is 59.2 Å². The molecule has 1 aliphatic heterocycles. The Labute approximate surface area is 117 Å². The average Bonchev–Trinajstić information content (AvgIpc) is 2.85. The van der Waals surface area contributed by atoms with Crippen LogP contribution in [-0.2, 0) is 0 Å². The van der Waals surface area contributed by atoms with E-state index in [4.69, 9.17) is 4.74 Å². The first-order valence-corrected chi connectivity index (χ1v) is 6.47. The van der Waals surface area contributed by atoms with Crippen LogP contribution in [0.15, 0.2) is 42.5 Å². The van der Waals surface area contributed by atoms with Gasteiger partial charge in [-0.05, 0) is 36.8 Å². The Morgan fingerprint density at radius 1 is 1.30 bits per heavy atom. The van der Waals surface area contributed by atoms with Crippen molar-refractivity contribution in [1.82, 2.24) is 5.32 Å². The Morgan fingerprint density at radius 2 is 2.10 bits per heavy atom. The van der Waals surface area contributed by atoms with Crippen molar-refractivity contribution in [2.45, 2.75) is 13.0 Å². The number of carbonyl (C=O) groups excluding carboxylic acids is 1. The molecule has 4 nitrogen and oxygen atoms in total. The molecule has 102 valence electrons. The summed E-state index contributed by atoms with van der Waals surface area (Å²) < 4.78 is 5.54. The highest BCUT2D eigenvalue weighted by Gasteiger charge is 2.25. The predicted octanol–water partition coefficient (Wildman–Crippen LogP) is 2.56. The first-order chi connectivity index (χ1) is 9.65. The van der Waals surface area contributed by atoms with Crippen molar-refractivity contribution in [3.63, 3.8) is 0 Å². The first-order valence-electron chi connectivity index (χ1n) is 6.47. The molecule has 0 radical (unpaired) electrons. The highest BCUT2D eigenvalue weighted by Crippen LogP contribution is 2.31. The van der Waals surface area contributed by atoms with Crippen LogP contribution in [0.5, 0.6) is 11.5 Å². The molecule has 1 amide bonds. The zero-order valence-corrected chi connectivity index (χ0v) is 11.1. The van der Waals surface area contributed by atoms with Crippen molar-refractivity contribution < 1.29 is 14.6 Å². The molecule has 0 bridgehead atoms. The summed E-state index contributed by atoms with van der Waals surface area (Å²) >= 11 is 0. The maximum atomic E-state index is 12.2. The van der Waals surface area contributed by atoms with E-state index in [1.807, 2.05) is 24.3 Å². The number of fused-ring (bicyclic) bond motifs is 1. The van der Waals surface area contributed by atoms with Crippen LogP contribution in [0.4, 0.5) is 0 Å². The number of amides is 1. The molecular weight excluding hydrogens is 254 g/mol. The lowest BCUT2D eigenvalue weighted by molar-refractivity contribution is 0.0930. The Hall–Kier alpha value is -2.49. The fourth-order valence-corrected chi connectivity index (χ4v) is 2.32. The standard InChI is InChI=1S/C16H15NO3/c1-10-8-11(6-7-14(10)18)16(19)17-13-9-20-15-5-3-2-4-12(13)15/h2-8,13,18H,9H2,1H3,(H,17,19). The summed E-state index contributed by atoms with van der Waals surface area (Å²) in [5, 5.41) is 12.4. The summed E-state index contributed by atoms with van der Waals surface area (Å²) in [4.78, 5) is 12.2. The number of hydrogen-bond donors (Lipinski definition) is 2. The highest BCUT2D eigenvalue weighted by atomic mass is 16.5. The van der Waals surface area contributed by atoms with Crippen LogP contribution >= 0.6 is 0 Å². The Bertz CT molecular complexity index is 667. The van der Waals surface area contributed by atoms with Crippen LogP contribution < -0.4 is 10.1 Å². The highest BCUT2D eigenvalue weighted by molar-refractivity contribution is 5.95. The van der Waals surface area contributed by atoms with Gasteiger partial charge < -0.3 is 15.2 Å². The van der Waals surface area contributed by atoms with Crippen LogP contribution in [0.25, 0.3) is 0 Å². The molecule has 1 heterocycles. The summed E-state index contributed by atoms with van der Waals surface area (Å²) in [6, 6.07) is 12.4. The predicted molar refractivity (Wildman–Crippen MR) is 75.0 cm³/mol. The maximum Gasteiger partial charge on any atom is 0.251 e. The number of rotatable bonds is 2. The minimum Gasteiger partial charge on any atom is -0.508 e. The summed E-state index contributed by atoms with van der Waals surface area (Å²) in [6.07, 6.45) is 0. The van der Waals surface area contributed by atoms with Gasteiger partial charge in [0.1, 0.15) is 18.1 Å². The lowest BCUT2D eigenvalue weighted by Crippen LogP contribution is -2.29. The number of hydrogen-bond acceptors (Lipinski definition) is 3. The number of aromatic hydroxyl groups is 1. The molecule has 0 aromatic heterocycles. The second-order valence-electron chi connectivity index (χ2n) is 4.88. The molecule has 1 aliphatic rings. The monoisotopic (exact) mass is 269 g/mol. The van der Waals surface area contributed by atoms with Crippen molar-refractivity contribution in [2.24, 2.45) is 0 Å². The quantitative estimate of drug-likeness (QED) is 0.881. The lowest BCUT2D eigenvalue weighted by Gasteiger charge is -2.12. The Kier molecular flexibility index (Phi) is 3.06. The normalized spacial score (nSPS) is 16.4. The summed E-state index contributed by atoms with van der Waals surface area (Å²) in [6.45, 7) is 2.21. The molecule has 0 fully saturated rings. The smallest absolute Gasteiger partial charge is 0.251 e. The molecule has 20 heavy (non-hydrogen) atoms. The van der Waals surface area contributed by atoms with E-state index < -0.39 is 0 Å². The number of phenolic OH excluding ortho intramolecular Hbond substituents is 1. The van der Waals surface area contributed by atoms with Gasteiger partial charge in [-0.1, -0.05) is 18.2 Å². The lowest BCUT2D eigenvalue weighted by atomic mass is 10.1. The maximum absolute atomic E-state index is 12.2. The Balaban J connectivity index is 1.79. The van der Waals surface area contributed by atoms with Gasteiger partial charge in [-0.15, -0.1) is 0 Å². The third-order valence-electron chi connectivity index (χ3n) is 3.46. The fourth-order valence-electron chi connectivity index (χ4n) is 2.32. The van der Waals surface area contributed by atoms with Gasteiger partial charge in [-0.3, -0.25) is 4.79 Å². The van der Waals surface area contributed by atoms with Crippen LogP contribution in [-0.4, -0.2) is 17.6 Å². The van der Waals surface area contributed by atoms with Gasteiger partial charge in [0, 0.05) is 11.1 Å². The molecule has 4 heteroatoms. The second-order valence-corrected chi connectivity index (χ2v) is 4.88. The van der Waals surface area contributed by atoms with E-state index in [-0.39, 0.29) is 17.7 Å². The van der Waals surface area contributed by atoms with E-state index in [0.717, 1.165) is 11.3 Å². The number of nitrogens with one attached hydrogen (secondary N) is 1. The van der Waals surface area contributed by atoms with E-state index in [2.05, 4.69) is 5.32 Å². The van der Waals surface area contributed by atoms with Gasteiger partial charge in [0.05, 0.1) is 6.04 Å². The van der Waals surface area contributed by atoms with E-state index in [1.54, 1.807) is 19.1 Å². The molecule has 3 rings (SSSR count). The number of phenols is 1. The minimum absolute atomic E-state index is 0.132. The van der Waals surface area contributed by atoms with E-state index in [1.165, 1.54) is 6.07 Å². The van der Waals surface area contributed by atoms with E-state index in [9.17, 15) is 9.90 Å². The molecule has 1 unspecified atom stereocenters. The third kappa shape index (κ3) is 2.20. The molecular formula is C16H15NO3. The SMILES string of the molecule is Cc1cc(C(=O)NC2COc3ccccc32)ccc1O. The van der Waals surface area contributed by atoms with Crippen molar-refractivity contribution in [2.75, 3.05) is 6.61 Å². The molecule has 1 atom stereocenters. The summed E-state index contributed by atoms with van der Waals surface area (Å²) in [7, 11) is 0. The van der Waals surface area contributed by atoms with Crippen LogP contribution in [0.1, 0.15) is 27.5 Å². The van der Waals surface area contributed by atoms with Crippen molar-refractivity contribution >= 4 is 5.91 Å². The number of para-hydroxylation sites is 1. The largest absolute Gasteiger partial charge is 0.508 e. The molecule has 2 aromatic rings. The molecule has 0 spiro atoms. The minimum atomic E-state index is -0.168. The second kappa shape index (κ2) is 4.89. The average molecular weight is 269 g/mol. The van der Waals surface area contributed by atoms with Gasteiger partial charge in [-0.25, -0.2) is 0 Å². The zero-order chi connectivity index (χ0) is 14.1.